The van der Waals surface area contributed by atoms with Crippen molar-refractivity contribution in [3.63, 3.8) is 0 Å². The summed E-state index contributed by atoms with van der Waals surface area (Å²) in [5, 5.41) is 6.58. The van der Waals surface area contributed by atoms with Gasteiger partial charge in [-0.3, -0.25) is 0 Å². The molecule has 3 rings (SSSR count). The summed E-state index contributed by atoms with van der Waals surface area (Å²) in [6.45, 7) is 1.81. The number of carbonyl (C=O) groups is 1. The predicted octanol–water partition coefficient (Wildman–Crippen LogP) is 3.14. The van der Waals surface area contributed by atoms with Gasteiger partial charge < -0.3 is 15.4 Å². The molecule has 0 amide bonds. The van der Waals surface area contributed by atoms with Crippen LogP contribution in [0.25, 0.3) is 0 Å². The molecule has 0 aliphatic carbocycles. The molecular weight excluding hydrogens is 288 g/mol. The molecule has 0 aromatic heterocycles. The Kier molecular flexibility index (Phi) is 5.27. The first-order chi connectivity index (χ1) is 11.3. The maximum Gasteiger partial charge on any atom is 0.333 e. The van der Waals surface area contributed by atoms with Crippen LogP contribution in [0, 0.1) is 0 Å². The molecule has 0 unspecified atom stereocenters. The van der Waals surface area contributed by atoms with Crippen LogP contribution in [0.1, 0.15) is 24.4 Å². The number of benzene rings is 2. The highest BCUT2D eigenvalue weighted by Gasteiger charge is 2.26. The van der Waals surface area contributed by atoms with Gasteiger partial charge in [-0.2, -0.15) is 0 Å². The highest BCUT2D eigenvalue weighted by molar-refractivity contribution is 5.81. The number of piperidine rings is 1. The second-order valence-electron chi connectivity index (χ2n) is 5.74. The molecule has 1 aliphatic rings. The summed E-state index contributed by atoms with van der Waals surface area (Å²) in [5.74, 6) is -0.216. The van der Waals surface area contributed by atoms with E-state index in [2.05, 4.69) is 10.6 Å². The summed E-state index contributed by atoms with van der Waals surface area (Å²) in [5.41, 5.74) is 1.82. The van der Waals surface area contributed by atoms with E-state index in [1.807, 2.05) is 60.7 Å². The van der Waals surface area contributed by atoms with Crippen LogP contribution in [0.5, 0.6) is 0 Å². The standard InChI is InChI=1S/C19H22N2O2/c22-19(23-17-11-13-20-14-12-17)18(15-7-3-1-4-8-15)21-16-9-5-2-6-10-16/h1-10,17-18,20-21H,11-14H2/t18-/m1/s1. The van der Waals surface area contributed by atoms with E-state index in [0.717, 1.165) is 37.2 Å². The highest BCUT2D eigenvalue weighted by Crippen LogP contribution is 2.22. The minimum Gasteiger partial charge on any atom is -0.460 e. The number of hydrogen-bond acceptors (Lipinski definition) is 4. The fourth-order valence-corrected chi connectivity index (χ4v) is 2.77. The molecule has 1 heterocycles. The number of hydrogen-bond donors (Lipinski definition) is 2. The van der Waals surface area contributed by atoms with Gasteiger partial charge in [-0.25, -0.2) is 4.79 Å². The average molecular weight is 310 g/mol. The zero-order chi connectivity index (χ0) is 15.9. The number of nitrogens with one attached hydrogen (secondary N) is 2. The molecule has 0 radical (unpaired) electrons. The number of esters is 1. The van der Waals surface area contributed by atoms with Crippen molar-refractivity contribution >= 4 is 11.7 Å². The molecule has 1 aliphatic heterocycles. The largest absolute Gasteiger partial charge is 0.460 e. The Labute approximate surface area is 136 Å². The molecule has 23 heavy (non-hydrogen) atoms. The molecular formula is C19H22N2O2. The third-order valence-corrected chi connectivity index (χ3v) is 4.02. The van der Waals surface area contributed by atoms with Crippen molar-refractivity contribution < 1.29 is 9.53 Å². The molecule has 1 saturated heterocycles. The molecule has 2 N–H and O–H groups in total. The smallest absolute Gasteiger partial charge is 0.333 e. The zero-order valence-corrected chi connectivity index (χ0v) is 13.1. The van der Waals surface area contributed by atoms with Gasteiger partial charge in [0.05, 0.1) is 0 Å². The van der Waals surface area contributed by atoms with E-state index in [1.165, 1.54) is 0 Å². The number of anilines is 1. The lowest BCUT2D eigenvalue weighted by molar-refractivity contribution is -0.151. The summed E-state index contributed by atoms with van der Waals surface area (Å²) in [6.07, 6.45) is 1.75. The molecule has 2 aromatic rings. The van der Waals surface area contributed by atoms with Gasteiger partial charge in [-0.1, -0.05) is 48.5 Å². The molecule has 0 bridgehead atoms. The molecule has 0 saturated carbocycles. The van der Waals surface area contributed by atoms with Gasteiger partial charge in [0.25, 0.3) is 0 Å². The molecule has 4 nitrogen and oxygen atoms in total. The molecule has 0 spiro atoms. The lowest BCUT2D eigenvalue weighted by Crippen LogP contribution is -2.36. The van der Waals surface area contributed by atoms with Gasteiger partial charge in [0.2, 0.25) is 0 Å². The van der Waals surface area contributed by atoms with Crippen LogP contribution in [-0.2, 0) is 9.53 Å². The van der Waals surface area contributed by atoms with Gasteiger partial charge in [0.1, 0.15) is 6.10 Å². The van der Waals surface area contributed by atoms with E-state index in [4.69, 9.17) is 4.74 Å². The predicted molar refractivity (Wildman–Crippen MR) is 91.2 cm³/mol. The second-order valence-corrected chi connectivity index (χ2v) is 5.74. The van der Waals surface area contributed by atoms with Crippen molar-refractivity contribution in [2.75, 3.05) is 18.4 Å². The lowest BCUT2D eigenvalue weighted by Gasteiger charge is -2.26. The van der Waals surface area contributed by atoms with Crippen LogP contribution in [0.15, 0.2) is 60.7 Å². The highest BCUT2D eigenvalue weighted by atomic mass is 16.5. The minimum atomic E-state index is -0.492. The quantitative estimate of drug-likeness (QED) is 0.833. The van der Waals surface area contributed by atoms with E-state index in [0.29, 0.717) is 0 Å². The van der Waals surface area contributed by atoms with E-state index >= 15 is 0 Å². The van der Waals surface area contributed by atoms with Crippen molar-refractivity contribution in [3.8, 4) is 0 Å². The van der Waals surface area contributed by atoms with Crippen molar-refractivity contribution in [1.82, 2.24) is 5.32 Å². The summed E-state index contributed by atoms with van der Waals surface area (Å²) in [6, 6.07) is 19.0. The Morgan fingerprint density at radius 2 is 1.61 bits per heavy atom. The van der Waals surface area contributed by atoms with Gasteiger partial charge in [-0.05, 0) is 43.6 Å². The lowest BCUT2D eigenvalue weighted by atomic mass is 10.1. The normalized spacial score (nSPS) is 16.5. The van der Waals surface area contributed by atoms with E-state index in [9.17, 15) is 4.79 Å². The Bertz CT molecular complexity index is 610. The van der Waals surface area contributed by atoms with Crippen molar-refractivity contribution in [2.24, 2.45) is 0 Å². The SMILES string of the molecule is O=C(OC1CCNCC1)[C@H](Nc1ccccc1)c1ccccc1. The fraction of sp³-hybridized carbons (Fsp3) is 0.316. The molecule has 2 aromatic carbocycles. The van der Waals surface area contributed by atoms with Crippen molar-refractivity contribution in [2.45, 2.75) is 25.0 Å². The molecule has 1 fully saturated rings. The maximum absolute atomic E-state index is 12.7. The van der Waals surface area contributed by atoms with E-state index in [-0.39, 0.29) is 12.1 Å². The topological polar surface area (TPSA) is 50.4 Å². The zero-order valence-electron chi connectivity index (χ0n) is 13.1. The Morgan fingerprint density at radius 3 is 2.26 bits per heavy atom. The van der Waals surface area contributed by atoms with Gasteiger partial charge in [-0.15, -0.1) is 0 Å². The summed E-state index contributed by atoms with van der Waals surface area (Å²) in [7, 11) is 0. The van der Waals surface area contributed by atoms with Crippen LogP contribution >= 0.6 is 0 Å². The first-order valence-corrected chi connectivity index (χ1v) is 8.10. The molecule has 120 valence electrons. The van der Waals surface area contributed by atoms with Gasteiger partial charge >= 0.3 is 5.97 Å². The van der Waals surface area contributed by atoms with Crippen LogP contribution < -0.4 is 10.6 Å². The fourth-order valence-electron chi connectivity index (χ4n) is 2.77. The number of carbonyl (C=O) groups excluding carboxylic acids is 1. The summed E-state index contributed by atoms with van der Waals surface area (Å²) in [4.78, 5) is 12.7. The third-order valence-electron chi connectivity index (χ3n) is 4.02. The number of para-hydroxylation sites is 1. The first-order valence-electron chi connectivity index (χ1n) is 8.10. The van der Waals surface area contributed by atoms with Crippen molar-refractivity contribution in [3.05, 3.63) is 66.2 Å². The van der Waals surface area contributed by atoms with E-state index < -0.39 is 6.04 Å². The average Bonchev–Trinajstić information content (AvgIpc) is 2.62. The van der Waals surface area contributed by atoms with Crippen LogP contribution in [0.3, 0.4) is 0 Å². The Hall–Kier alpha value is -2.33. The van der Waals surface area contributed by atoms with Crippen molar-refractivity contribution in [1.29, 1.82) is 0 Å². The first kappa shape index (κ1) is 15.6. The Morgan fingerprint density at radius 1 is 1.00 bits per heavy atom. The van der Waals surface area contributed by atoms with Crippen LogP contribution in [-0.4, -0.2) is 25.2 Å². The Balaban J connectivity index is 1.75. The number of rotatable bonds is 5. The second kappa shape index (κ2) is 7.79. The molecule has 4 heteroatoms. The third kappa shape index (κ3) is 4.33. The number of ether oxygens (including phenoxy) is 1. The van der Waals surface area contributed by atoms with E-state index in [1.54, 1.807) is 0 Å². The summed E-state index contributed by atoms with van der Waals surface area (Å²) >= 11 is 0. The molecule has 1 atom stereocenters. The summed E-state index contributed by atoms with van der Waals surface area (Å²) < 4.78 is 5.74. The van der Waals surface area contributed by atoms with Crippen LogP contribution in [0.2, 0.25) is 0 Å². The maximum atomic E-state index is 12.7. The van der Waals surface area contributed by atoms with Crippen LogP contribution in [0.4, 0.5) is 5.69 Å². The van der Waals surface area contributed by atoms with Gasteiger partial charge in [0, 0.05) is 5.69 Å². The monoisotopic (exact) mass is 310 g/mol. The minimum absolute atomic E-state index is 0.00698. The van der Waals surface area contributed by atoms with Gasteiger partial charge in [0.15, 0.2) is 6.04 Å².